The molecule has 106 valence electrons. The molecule has 1 aromatic rings. The summed E-state index contributed by atoms with van der Waals surface area (Å²) < 4.78 is 16.1. The second kappa shape index (κ2) is 7.35. The van der Waals surface area contributed by atoms with E-state index < -0.39 is 12.0 Å². The molecule has 1 aromatic carbocycles. The van der Waals surface area contributed by atoms with Crippen molar-refractivity contribution in [1.29, 1.82) is 0 Å². The number of methoxy groups -OCH3 is 2. The minimum atomic E-state index is -0.714. The van der Waals surface area contributed by atoms with Crippen molar-refractivity contribution in [3.8, 4) is 11.5 Å². The summed E-state index contributed by atoms with van der Waals surface area (Å²) in [5, 5.41) is 0. The Morgan fingerprint density at radius 2 is 1.95 bits per heavy atom. The summed E-state index contributed by atoms with van der Waals surface area (Å²) in [5.74, 6) is 0.863. The van der Waals surface area contributed by atoms with Gasteiger partial charge in [-0.25, -0.2) is 0 Å². The maximum atomic E-state index is 11.5. The SMILES string of the molecule is CCOC(=O)C(N)Cc1cc(Br)c(OC)cc1OC. The van der Waals surface area contributed by atoms with E-state index in [9.17, 15) is 4.79 Å². The van der Waals surface area contributed by atoms with Gasteiger partial charge in [0.25, 0.3) is 0 Å². The van der Waals surface area contributed by atoms with Crippen LogP contribution in [0.25, 0.3) is 0 Å². The number of benzene rings is 1. The van der Waals surface area contributed by atoms with Crippen LogP contribution < -0.4 is 15.2 Å². The smallest absolute Gasteiger partial charge is 0.323 e. The van der Waals surface area contributed by atoms with Gasteiger partial charge in [0.05, 0.1) is 25.3 Å². The number of esters is 1. The second-order valence-corrected chi connectivity index (χ2v) is 4.72. The van der Waals surface area contributed by atoms with Gasteiger partial charge in [-0.05, 0) is 34.5 Å². The maximum Gasteiger partial charge on any atom is 0.323 e. The van der Waals surface area contributed by atoms with Crippen molar-refractivity contribution in [3.63, 3.8) is 0 Å². The molecule has 0 spiro atoms. The van der Waals surface area contributed by atoms with E-state index in [1.807, 2.05) is 6.07 Å². The third-order valence-electron chi connectivity index (χ3n) is 2.58. The van der Waals surface area contributed by atoms with Crippen LogP contribution in [0.1, 0.15) is 12.5 Å². The van der Waals surface area contributed by atoms with Gasteiger partial charge in [0.15, 0.2) is 0 Å². The second-order valence-electron chi connectivity index (χ2n) is 3.86. The van der Waals surface area contributed by atoms with Crippen molar-refractivity contribution in [2.45, 2.75) is 19.4 Å². The van der Waals surface area contributed by atoms with Gasteiger partial charge in [-0.3, -0.25) is 4.79 Å². The summed E-state index contributed by atoms with van der Waals surface area (Å²) in [7, 11) is 3.13. The molecule has 0 fully saturated rings. The summed E-state index contributed by atoms with van der Waals surface area (Å²) in [6, 6.07) is 2.86. The molecule has 1 unspecified atom stereocenters. The first-order valence-electron chi connectivity index (χ1n) is 5.86. The van der Waals surface area contributed by atoms with Crippen LogP contribution in [0.4, 0.5) is 0 Å². The van der Waals surface area contributed by atoms with E-state index in [4.69, 9.17) is 19.9 Å². The van der Waals surface area contributed by atoms with Crippen LogP contribution in [-0.4, -0.2) is 32.8 Å². The topological polar surface area (TPSA) is 70.8 Å². The van der Waals surface area contributed by atoms with E-state index in [-0.39, 0.29) is 0 Å². The predicted octanol–water partition coefficient (Wildman–Crippen LogP) is 1.90. The fourth-order valence-corrected chi connectivity index (χ4v) is 2.20. The molecule has 0 aliphatic carbocycles. The van der Waals surface area contributed by atoms with Gasteiger partial charge >= 0.3 is 5.97 Å². The van der Waals surface area contributed by atoms with E-state index in [0.29, 0.717) is 24.5 Å². The number of rotatable bonds is 6. The van der Waals surface area contributed by atoms with Crippen molar-refractivity contribution in [2.75, 3.05) is 20.8 Å². The van der Waals surface area contributed by atoms with Crippen LogP contribution in [0.15, 0.2) is 16.6 Å². The van der Waals surface area contributed by atoms with Crippen molar-refractivity contribution < 1.29 is 19.0 Å². The fourth-order valence-electron chi connectivity index (χ4n) is 1.65. The molecule has 0 saturated heterocycles. The summed E-state index contributed by atoms with van der Waals surface area (Å²) in [6.07, 6.45) is 0.338. The quantitative estimate of drug-likeness (QED) is 0.806. The first kappa shape index (κ1) is 15.8. The lowest BCUT2D eigenvalue weighted by atomic mass is 10.1. The Labute approximate surface area is 121 Å². The van der Waals surface area contributed by atoms with Gasteiger partial charge in [-0.15, -0.1) is 0 Å². The molecule has 0 saturated carbocycles. The summed E-state index contributed by atoms with van der Waals surface area (Å²) in [5.41, 5.74) is 6.62. The van der Waals surface area contributed by atoms with Gasteiger partial charge in [0.2, 0.25) is 0 Å². The highest BCUT2D eigenvalue weighted by molar-refractivity contribution is 9.10. The number of ether oxygens (including phenoxy) is 3. The van der Waals surface area contributed by atoms with Crippen LogP contribution in [0.3, 0.4) is 0 Å². The largest absolute Gasteiger partial charge is 0.496 e. The number of halogens is 1. The van der Waals surface area contributed by atoms with Gasteiger partial charge in [-0.1, -0.05) is 0 Å². The molecule has 1 rings (SSSR count). The maximum absolute atomic E-state index is 11.5. The van der Waals surface area contributed by atoms with Gasteiger partial charge in [0.1, 0.15) is 17.5 Å². The van der Waals surface area contributed by atoms with Crippen molar-refractivity contribution in [3.05, 3.63) is 22.2 Å². The molecule has 0 aromatic heterocycles. The Kier molecular flexibility index (Phi) is 6.11. The lowest BCUT2D eigenvalue weighted by molar-refractivity contribution is -0.144. The molecule has 5 nitrogen and oxygen atoms in total. The Morgan fingerprint density at radius 3 is 2.47 bits per heavy atom. The van der Waals surface area contributed by atoms with Crippen LogP contribution in [0.5, 0.6) is 11.5 Å². The van der Waals surface area contributed by atoms with Crippen LogP contribution >= 0.6 is 15.9 Å². The number of hydrogen-bond donors (Lipinski definition) is 1. The third kappa shape index (κ3) is 4.11. The van der Waals surface area contributed by atoms with E-state index in [0.717, 1.165) is 10.0 Å². The zero-order valence-electron chi connectivity index (χ0n) is 11.2. The number of carbonyl (C=O) groups excluding carboxylic acids is 1. The van der Waals surface area contributed by atoms with Crippen LogP contribution in [0.2, 0.25) is 0 Å². The van der Waals surface area contributed by atoms with E-state index in [1.165, 1.54) is 0 Å². The average molecular weight is 332 g/mol. The van der Waals surface area contributed by atoms with E-state index in [2.05, 4.69) is 15.9 Å². The molecule has 0 radical (unpaired) electrons. The first-order valence-corrected chi connectivity index (χ1v) is 6.65. The Morgan fingerprint density at radius 1 is 1.32 bits per heavy atom. The highest BCUT2D eigenvalue weighted by Gasteiger charge is 2.18. The van der Waals surface area contributed by atoms with E-state index in [1.54, 1.807) is 27.2 Å². The molecule has 19 heavy (non-hydrogen) atoms. The zero-order chi connectivity index (χ0) is 14.4. The molecule has 6 heteroatoms. The Bertz CT molecular complexity index is 451. The van der Waals surface area contributed by atoms with Crippen molar-refractivity contribution in [2.24, 2.45) is 5.73 Å². The fraction of sp³-hybridized carbons (Fsp3) is 0.462. The molecule has 0 bridgehead atoms. The number of carbonyl (C=O) groups is 1. The van der Waals surface area contributed by atoms with Gasteiger partial charge in [0, 0.05) is 12.5 Å². The first-order chi connectivity index (χ1) is 9.03. The molecule has 0 aliphatic rings. The Balaban J connectivity index is 2.94. The number of nitrogens with two attached hydrogens (primary N) is 1. The minimum Gasteiger partial charge on any atom is -0.496 e. The highest BCUT2D eigenvalue weighted by atomic mass is 79.9. The molecule has 0 amide bonds. The monoisotopic (exact) mass is 331 g/mol. The summed E-state index contributed by atoms with van der Waals surface area (Å²) >= 11 is 3.39. The molecule has 0 heterocycles. The molecular weight excluding hydrogens is 314 g/mol. The Hall–Kier alpha value is -1.27. The highest BCUT2D eigenvalue weighted by Crippen LogP contribution is 2.33. The molecule has 1 atom stereocenters. The summed E-state index contributed by atoms with van der Waals surface area (Å²) in [6.45, 7) is 2.06. The lowest BCUT2D eigenvalue weighted by Crippen LogP contribution is -2.34. The number of hydrogen-bond acceptors (Lipinski definition) is 5. The van der Waals surface area contributed by atoms with Crippen molar-refractivity contribution >= 4 is 21.9 Å². The van der Waals surface area contributed by atoms with Crippen molar-refractivity contribution in [1.82, 2.24) is 0 Å². The third-order valence-corrected chi connectivity index (χ3v) is 3.20. The molecular formula is C13H18BrNO4. The molecule has 0 aliphatic heterocycles. The zero-order valence-corrected chi connectivity index (χ0v) is 12.8. The normalized spacial score (nSPS) is 11.8. The summed E-state index contributed by atoms with van der Waals surface area (Å²) in [4.78, 5) is 11.5. The van der Waals surface area contributed by atoms with Gasteiger partial charge in [-0.2, -0.15) is 0 Å². The van der Waals surface area contributed by atoms with Crippen LogP contribution in [0, 0.1) is 0 Å². The van der Waals surface area contributed by atoms with Crippen LogP contribution in [-0.2, 0) is 16.0 Å². The predicted molar refractivity (Wildman–Crippen MR) is 75.6 cm³/mol. The van der Waals surface area contributed by atoms with E-state index >= 15 is 0 Å². The minimum absolute atomic E-state index is 0.315. The average Bonchev–Trinajstić information content (AvgIpc) is 2.39. The lowest BCUT2D eigenvalue weighted by Gasteiger charge is -2.15. The van der Waals surface area contributed by atoms with Gasteiger partial charge < -0.3 is 19.9 Å². The molecule has 2 N–H and O–H groups in total. The standard InChI is InChI=1S/C13H18BrNO4/c1-4-19-13(16)10(15)6-8-5-9(14)12(18-3)7-11(8)17-2/h5,7,10H,4,6,15H2,1-3H3.